The van der Waals surface area contributed by atoms with Gasteiger partial charge in [-0.25, -0.2) is 13.1 Å². The van der Waals surface area contributed by atoms with Crippen LogP contribution in [-0.2, 0) is 14.8 Å². The van der Waals surface area contributed by atoms with Gasteiger partial charge in [0.15, 0.2) is 6.61 Å². The predicted molar refractivity (Wildman–Crippen MR) is 92.4 cm³/mol. The van der Waals surface area contributed by atoms with Crippen molar-refractivity contribution in [3.05, 3.63) is 67.3 Å². The molecule has 126 valence electrons. The summed E-state index contributed by atoms with van der Waals surface area (Å²) < 4.78 is 31.5. The Morgan fingerprint density at radius 1 is 1.08 bits per heavy atom. The Balaban J connectivity index is 1.91. The molecule has 2 aromatic rings. The van der Waals surface area contributed by atoms with E-state index in [2.05, 4.69) is 16.6 Å². The lowest BCUT2D eigenvalue weighted by Crippen LogP contribution is -2.23. The maximum atomic E-state index is 11.9. The van der Waals surface area contributed by atoms with Gasteiger partial charge in [0, 0.05) is 12.2 Å². The number of nitrogens with one attached hydrogen (secondary N) is 2. The fourth-order valence-corrected chi connectivity index (χ4v) is 2.83. The van der Waals surface area contributed by atoms with E-state index in [9.17, 15) is 13.2 Å². The number of ether oxygens (including phenoxy) is 1. The number of benzene rings is 2. The topological polar surface area (TPSA) is 84.5 Å². The van der Waals surface area contributed by atoms with Crippen molar-refractivity contribution in [2.75, 3.05) is 18.5 Å². The predicted octanol–water partition coefficient (Wildman–Crippen LogP) is 2.17. The van der Waals surface area contributed by atoms with E-state index in [-0.39, 0.29) is 24.0 Å². The number of carbonyl (C=O) groups is 1. The molecule has 0 spiro atoms. The molecule has 0 saturated heterocycles. The maximum absolute atomic E-state index is 11.9. The first-order chi connectivity index (χ1) is 11.5. The lowest BCUT2D eigenvalue weighted by Gasteiger charge is -2.09. The second-order valence-corrected chi connectivity index (χ2v) is 6.58. The summed E-state index contributed by atoms with van der Waals surface area (Å²) in [6, 6.07) is 14.8. The van der Waals surface area contributed by atoms with Gasteiger partial charge in [-0.2, -0.15) is 0 Å². The molecular weight excluding hydrogens is 328 g/mol. The van der Waals surface area contributed by atoms with Crippen LogP contribution < -0.4 is 14.8 Å². The van der Waals surface area contributed by atoms with E-state index in [0.29, 0.717) is 11.4 Å². The molecule has 0 aliphatic carbocycles. The summed E-state index contributed by atoms with van der Waals surface area (Å²) in [6.45, 7) is 3.47. The van der Waals surface area contributed by atoms with Crippen molar-refractivity contribution < 1.29 is 17.9 Å². The Morgan fingerprint density at radius 2 is 1.75 bits per heavy atom. The van der Waals surface area contributed by atoms with Crippen LogP contribution in [-0.4, -0.2) is 27.5 Å². The van der Waals surface area contributed by atoms with Crippen LogP contribution in [0.25, 0.3) is 0 Å². The van der Waals surface area contributed by atoms with Gasteiger partial charge in [0.1, 0.15) is 5.75 Å². The number of hydrogen-bond donors (Lipinski definition) is 2. The molecular formula is C17H18N2O4S. The molecule has 0 radical (unpaired) electrons. The zero-order chi connectivity index (χ0) is 17.4. The van der Waals surface area contributed by atoms with E-state index < -0.39 is 10.0 Å². The number of rotatable bonds is 8. The third kappa shape index (κ3) is 5.22. The fourth-order valence-electron chi connectivity index (χ4n) is 1.83. The molecule has 0 saturated carbocycles. The summed E-state index contributed by atoms with van der Waals surface area (Å²) in [6.07, 6.45) is 1.46. The van der Waals surface area contributed by atoms with Crippen molar-refractivity contribution in [1.29, 1.82) is 0 Å². The molecule has 24 heavy (non-hydrogen) atoms. The lowest BCUT2D eigenvalue weighted by atomic mass is 10.3. The second kappa shape index (κ2) is 8.28. The molecule has 1 amide bonds. The van der Waals surface area contributed by atoms with Crippen LogP contribution in [0.5, 0.6) is 5.75 Å². The van der Waals surface area contributed by atoms with Crippen molar-refractivity contribution in [2.45, 2.75) is 4.90 Å². The number of carbonyl (C=O) groups excluding carboxylic acids is 1. The zero-order valence-electron chi connectivity index (χ0n) is 12.9. The summed E-state index contributed by atoms with van der Waals surface area (Å²) in [5, 5.41) is 2.64. The summed E-state index contributed by atoms with van der Waals surface area (Å²) in [7, 11) is -3.57. The molecule has 0 bridgehead atoms. The van der Waals surface area contributed by atoms with Gasteiger partial charge >= 0.3 is 0 Å². The van der Waals surface area contributed by atoms with Crippen LogP contribution in [0.1, 0.15) is 0 Å². The molecule has 2 aromatic carbocycles. The Hall–Kier alpha value is -2.64. The summed E-state index contributed by atoms with van der Waals surface area (Å²) in [4.78, 5) is 11.9. The van der Waals surface area contributed by atoms with Gasteiger partial charge in [0.2, 0.25) is 10.0 Å². The van der Waals surface area contributed by atoms with Gasteiger partial charge in [0.05, 0.1) is 4.90 Å². The third-order valence-corrected chi connectivity index (χ3v) is 4.42. The molecule has 0 aromatic heterocycles. The van der Waals surface area contributed by atoms with Crippen molar-refractivity contribution in [2.24, 2.45) is 0 Å². The Morgan fingerprint density at radius 3 is 2.38 bits per heavy atom. The first-order valence-corrected chi connectivity index (χ1v) is 8.68. The minimum atomic E-state index is -3.57. The molecule has 0 heterocycles. The van der Waals surface area contributed by atoms with Gasteiger partial charge in [-0.1, -0.05) is 24.3 Å². The highest BCUT2D eigenvalue weighted by Crippen LogP contribution is 2.14. The van der Waals surface area contributed by atoms with Crippen LogP contribution in [0.4, 0.5) is 5.69 Å². The Labute approximate surface area is 141 Å². The molecule has 2 N–H and O–H groups in total. The lowest BCUT2D eigenvalue weighted by molar-refractivity contribution is -0.118. The number of para-hydroxylation sites is 1. The smallest absolute Gasteiger partial charge is 0.262 e. The number of anilines is 1. The van der Waals surface area contributed by atoms with Crippen molar-refractivity contribution in [3.8, 4) is 5.75 Å². The monoisotopic (exact) mass is 346 g/mol. The first-order valence-electron chi connectivity index (χ1n) is 7.19. The molecule has 6 nitrogen and oxygen atoms in total. The molecule has 0 aliphatic rings. The third-order valence-electron chi connectivity index (χ3n) is 2.98. The molecule has 0 atom stereocenters. The fraction of sp³-hybridized carbons (Fsp3) is 0.118. The summed E-state index contributed by atoms with van der Waals surface area (Å²) >= 11 is 0. The quantitative estimate of drug-likeness (QED) is 0.718. The van der Waals surface area contributed by atoms with E-state index in [1.54, 1.807) is 12.1 Å². The largest absolute Gasteiger partial charge is 0.484 e. The van der Waals surface area contributed by atoms with Crippen LogP contribution in [0.2, 0.25) is 0 Å². The van der Waals surface area contributed by atoms with Crippen LogP contribution in [0, 0.1) is 0 Å². The van der Waals surface area contributed by atoms with Gasteiger partial charge in [-0.15, -0.1) is 6.58 Å². The van der Waals surface area contributed by atoms with E-state index in [0.717, 1.165) is 0 Å². The minimum absolute atomic E-state index is 0.114. The van der Waals surface area contributed by atoms with Crippen LogP contribution >= 0.6 is 0 Å². The average molecular weight is 346 g/mol. The van der Waals surface area contributed by atoms with Gasteiger partial charge in [-0.05, 0) is 36.4 Å². The zero-order valence-corrected chi connectivity index (χ0v) is 13.8. The number of sulfonamides is 1. The molecule has 7 heteroatoms. The maximum Gasteiger partial charge on any atom is 0.262 e. The first kappa shape index (κ1) is 17.7. The van der Waals surface area contributed by atoms with Crippen molar-refractivity contribution >= 4 is 21.6 Å². The Bertz CT molecular complexity index is 787. The van der Waals surface area contributed by atoms with Crippen LogP contribution in [0.15, 0.2) is 72.1 Å². The highest BCUT2D eigenvalue weighted by Gasteiger charge is 2.12. The van der Waals surface area contributed by atoms with E-state index in [4.69, 9.17) is 4.74 Å². The highest BCUT2D eigenvalue weighted by molar-refractivity contribution is 7.89. The molecule has 0 aliphatic heterocycles. The average Bonchev–Trinajstić information content (AvgIpc) is 2.60. The molecule has 0 fully saturated rings. The van der Waals surface area contributed by atoms with E-state index in [1.165, 1.54) is 30.3 Å². The number of amides is 1. The van der Waals surface area contributed by atoms with Gasteiger partial charge in [0.25, 0.3) is 5.91 Å². The summed E-state index contributed by atoms with van der Waals surface area (Å²) in [5.74, 6) is 0.265. The molecule has 2 rings (SSSR count). The van der Waals surface area contributed by atoms with Crippen LogP contribution in [0.3, 0.4) is 0 Å². The standard InChI is InChI=1S/C17H18N2O4S/c1-2-12-18-24(21,22)16-10-8-14(9-11-16)19-17(20)13-23-15-6-4-3-5-7-15/h2-11,18H,1,12-13H2,(H,19,20). The normalized spacial score (nSPS) is 10.8. The summed E-state index contributed by atoms with van der Waals surface area (Å²) in [5.41, 5.74) is 0.485. The number of hydrogen-bond acceptors (Lipinski definition) is 4. The SMILES string of the molecule is C=CCNS(=O)(=O)c1ccc(NC(=O)COc2ccccc2)cc1. The van der Waals surface area contributed by atoms with Crippen molar-refractivity contribution in [3.63, 3.8) is 0 Å². The second-order valence-electron chi connectivity index (χ2n) is 4.81. The van der Waals surface area contributed by atoms with E-state index in [1.807, 2.05) is 18.2 Å². The minimum Gasteiger partial charge on any atom is -0.484 e. The van der Waals surface area contributed by atoms with E-state index >= 15 is 0 Å². The van der Waals surface area contributed by atoms with Crippen molar-refractivity contribution in [1.82, 2.24) is 4.72 Å². The Kier molecular flexibility index (Phi) is 6.11. The van der Waals surface area contributed by atoms with Gasteiger partial charge in [-0.3, -0.25) is 4.79 Å². The molecule has 0 unspecified atom stereocenters. The van der Waals surface area contributed by atoms with Gasteiger partial charge < -0.3 is 10.1 Å². The highest BCUT2D eigenvalue weighted by atomic mass is 32.2.